The molecule has 0 spiro atoms. The minimum absolute atomic E-state index is 0.133. The summed E-state index contributed by atoms with van der Waals surface area (Å²) in [5.41, 5.74) is 5.11. The third-order valence-electron chi connectivity index (χ3n) is 4.07. The molecule has 1 amide bonds. The molecule has 156 valence electrons. The summed E-state index contributed by atoms with van der Waals surface area (Å²) in [6, 6.07) is 23.7. The summed E-state index contributed by atoms with van der Waals surface area (Å²) in [7, 11) is 0. The fourth-order valence-electron chi connectivity index (χ4n) is 2.57. The number of nitrogens with one attached hydrogen (secondary N) is 1. The highest BCUT2D eigenvalue weighted by molar-refractivity contribution is 5.89. The lowest BCUT2D eigenvalue weighted by atomic mass is 10.2. The largest absolute Gasteiger partial charge is 0.484 e. The van der Waals surface area contributed by atoms with Gasteiger partial charge in [0.05, 0.1) is 6.21 Å². The molecule has 0 aliphatic carbocycles. The zero-order valence-electron chi connectivity index (χ0n) is 17.0. The molecule has 1 N–H and O–H groups in total. The molecule has 0 unspecified atom stereocenters. The first-order valence-corrected chi connectivity index (χ1v) is 9.65. The molecular weight excluding hydrogens is 392 g/mol. The summed E-state index contributed by atoms with van der Waals surface area (Å²) in [5.74, 6) is 0.206. The Hall–Kier alpha value is -4.19. The first-order valence-electron chi connectivity index (χ1n) is 9.65. The van der Waals surface area contributed by atoms with Gasteiger partial charge in [-0.2, -0.15) is 5.10 Å². The van der Waals surface area contributed by atoms with E-state index in [2.05, 4.69) is 10.5 Å². The Morgan fingerprint density at radius 3 is 2.42 bits per heavy atom. The van der Waals surface area contributed by atoms with Crippen LogP contribution in [-0.2, 0) is 9.59 Å². The monoisotopic (exact) mass is 414 g/mol. The van der Waals surface area contributed by atoms with Crippen molar-refractivity contribution in [1.82, 2.24) is 5.43 Å². The van der Waals surface area contributed by atoms with Crippen LogP contribution in [0.1, 0.15) is 16.7 Å². The van der Waals surface area contributed by atoms with Crippen molar-refractivity contribution >= 4 is 24.2 Å². The number of rotatable bonds is 8. The lowest BCUT2D eigenvalue weighted by molar-refractivity contribution is -0.129. The van der Waals surface area contributed by atoms with Crippen LogP contribution in [0.25, 0.3) is 6.08 Å². The number of benzene rings is 3. The van der Waals surface area contributed by atoms with Crippen molar-refractivity contribution in [2.24, 2.45) is 5.10 Å². The van der Waals surface area contributed by atoms with Crippen molar-refractivity contribution in [3.05, 3.63) is 102 Å². The quantitative estimate of drug-likeness (QED) is 0.198. The number of hydrazone groups is 1. The van der Waals surface area contributed by atoms with Gasteiger partial charge in [0.25, 0.3) is 5.91 Å². The van der Waals surface area contributed by atoms with Gasteiger partial charge in [-0.05, 0) is 66.1 Å². The summed E-state index contributed by atoms with van der Waals surface area (Å²) in [4.78, 5) is 23.7. The number of carbonyl (C=O) groups is 2. The van der Waals surface area contributed by atoms with E-state index < -0.39 is 5.97 Å². The Morgan fingerprint density at radius 1 is 0.903 bits per heavy atom. The van der Waals surface area contributed by atoms with Crippen LogP contribution < -0.4 is 14.9 Å². The number of ether oxygens (including phenoxy) is 2. The number of amides is 1. The second-order valence-electron chi connectivity index (χ2n) is 6.63. The highest BCUT2D eigenvalue weighted by Crippen LogP contribution is 2.13. The molecular formula is C25H22N2O4. The van der Waals surface area contributed by atoms with E-state index in [-0.39, 0.29) is 12.5 Å². The number of aryl methyl sites for hydroxylation is 1. The van der Waals surface area contributed by atoms with Gasteiger partial charge in [-0.25, -0.2) is 10.2 Å². The molecule has 0 bridgehead atoms. The van der Waals surface area contributed by atoms with Crippen molar-refractivity contribution in [2.45, 2.75) is 6.92 Å². The van der Waals surface area contributed by atoms with Crippen LogP contribution in [0.15, 0.2) is 90.0 Å². The number of esters is 1. The Morgan fingerprint density at radius 2 is 1.68 bits per heavy atom. The minimum atomic E-state index is -0.467. The number of nitrogens with zero attached hydrogens (tertiary/aromatic N) is 1. The summed E-state index contributed by atoms with van der Waals surface area (Å²) >= 11 is 0. The minimum Gasteiger partial charge on any atom is -0.484 e. The van der Waals surface area contributed by atoms with Gasteiger partial charge < -0.3 is 9.47 Å². The van der Waals surface area contributed by atoms with Crippen LogP contribution in [0.5, 0.6) is 11.5 Å². The Kier molecular flexibility index (Phi) is 7.71. The average Bonchev–Trinajstić information content (AvgIpc) is 2.78. The number of hydrogen-bond donors (Lipinski definition) is 1. The standard InChI is InChI=1S/C25H22N2O4/c1-19-6-5-9-23(16-19)30-18-24(28)27-26-17-21-10-13-22(14-11-21)31-25(29)15-12-20-7-3-2-4-8-20/h2-17H,18H2,1H3,(H,27,28)/b15-12+,26-17+. The number of carbonyl (C=O) groups excluding carboxylic acids is 2. The molecule has 0 atom stereocenters. The van der Waals surface area contributed by atoms with Gasteiger partial charge in [-0.15, -0.1) is 0 Å². The average molecular weight is 414 g/mol. The van der Waals surface area contributed by atoms with Gasteiger partial charge in [0.1, 0.15) is 11.5 Å². The maximum atomic E-state index is 11.9. The molecule has 3 aromatic carbocycles. The third-order valence-corrected chi connectivity index (χ3v) is 4.07. The zero-order valence-corrected chi connectivity index (χ0v) is 17.0. The Balaban J connectivity index is 1.43. The molecule has 6 nitrogen and oxygen atoms in total. The van der Waals surface area contributed by atoms with Gasteiger partial charge >= 0.3 is 5.97 Å². The molecule has 0 fully saturated rings. The van der Waals surface area contributed by atoms with Crippen LogP contribution in [0.2, 0.25) is 0 Å². The highest BCUT2D eigenvalue weighted by Gasteiger charge is 2.02. The van der Waals surface area contributed by atoms with Crippen molar-refractivity contribution in [3.63, 3.8) is 0 Å². The summed E-state index contributed by atoms with van der Waals surface area (Å²) < 4.78 is 10.7. The van der Waals surface area contributed by atoms with Gasteiger partial charge in [0, 0.05) is 6.08 Å². The van der Waals surface area contributed by atoms with E-state index in [1.807, 2.05) is 55.5 Å². The fourth-order valence-corrected chi connectivity index (χ4v) is 2.57. The van der Waals surface area contributed by atoms with Gasteiger partial charge in [0.2, 0.25) is 0 Å². The molecule has 0 saturated carbocycles. The second-order valence-corrected chi connectivity index (χ2v) is 6.63. The van der Waals surface area contributed by atoms with Crippen LogP contribution >= 0.6 is 0 Å². The molecule has 3 aromatic rings. The van der Waals surface area contributed by atoms with Crippen molar-refractivity contribution in [2.75, 3.05) is 6.61 Å². The number of hydrogen-bond acceptors (Lipinski definition) is 5. The van der Waals surface area contributed by atoms with Crippen molar-refractivity contribution in [3.8, 4) is 11.5 Å². The van der Waals surface area contributed by atoms with E-state index in [0.29, 0.717) is 11.5 Å². The normalized spacial score (nSPS) is 10.9. The fraction of sp³-hybridized carbons (Fsp3) is 0.0800. The molecule has 0 aromatic heterocycles. The predicted molar refractivity (Wildman–Crippen MR) is 120 cm³/mol. The van der Waals surface area contributed by atoms with Crippen molar-refractivity contribution in [1.29, 1.82) is 0 Å². The van der Waals surface area contributed by atoms with Gasteiger partial charge in [0.15, 0.2) is 6.61 Å². The predicted octanol–water partition coefficient (Wildman–Crippen LogP) is 4.14. The lowest BCUT2D eigenvalue weighted by Gasteiger charge is -2.05. The van der Waals surface area contributed by atoms with Crippen LogP contribution in [-0.4, -0.2) is 24.7 Å². The molecule has 0 aliphatic heterocycles. The molecule has 0 saturated heterocycles. The summed E-state index contributed by atoms with van der Waals surface area (Å²) in [6.07, 6.45) is 4.55. The van der Waals surface area contributed by atoms with E-state index in [9.17, 15) is 9.59 Å². The first-order chi connectivity index (χ1) is 15.1. The summed E-state index contributed by atoms with van der Waals surface area (Å²) in [6.45, 7) is 1.82. The maximum Gasteiger partial charge on any atom is 0.336 e. The van der Waals surface area contributed by atoms with Gasteiger partial charge in [-0.1, -0.05) is 42.5 Å². The molecule has 0 radical (unpaired) electrons. The molecule has 6 heteroatoms. The molecule has 31 heavy (non-hydrogen) atoms. The second kappa shape index (κ2) is 11.1. The maximum absolute atomic E-state index is 11.9. The smallest absolute Gasteiger partial charge is 0.336 e. The summed E-state index contributed by atoms with van der Waals surface area (Å²) in [5, 5.41) is 3.90. The van der Waals surface area contributed by atoms with E-state index in [4.69, 9.17) is 9.47 Å². The molecule has 0 heterocycles. The van der Waals surface area contributed by atoms with Crippen molar-refractivity contribution < 1.29 is 19.1 Å². The van der Waals surface area contributed by atoms with E-state index in [0.717, 1.165) is 16.7 Å². The van der Waals surface area contributed by atoms with Crippen LogP contribution in [0, 0.1) is 6.92 Å². The van der Waals surface area contributed by atoms with Crippen LogP contribution in [0.3, 0.4) is 0 Å². The highest BCUT2D eigenvalue weighted by atomic mass is 16.5. The van der Waals surface area contributed by atoms with E-state index in [1.165, 1.54) is 12.3 Å². The third kappa shape index (κ3) is 7.62. The Bertz CT molecular complexity index is 1070. The van der Waals surface area contributed by atoms with E-state index in [1.54, 1.807) is 36.4 Å². The molecule has 0 aliphatic rings. The topological polar surface area (TPSA) is 77.0 Å². The lowest BCUT2D eigenvalue weighted by Crippen LogP contribution is -2.24. The first kappa shape index (κ1) is 21.5. The van der Waals surface area contributed by atoms with Gasteiger partial charge in [-0.3, -0.25) is 4.79 Å². The molecule has 3 rings (SSSR count). The van der Waals surface area contributed by atoms with Crippen LogP contribution in [0.4, 0.5) is 0 Å². The zero-order chi connectivity index (χ0) is 21.9. The Labute approximate surface area is 180 Å². The SMILES string of the molecule is Cc1cccc(OCC(=O)N/N=C/c2ccc(OC(=O)/C=C/c3ccccc3)cc2)c1. The van der Waals surface area contributed by atoms with E-state index >= 15 is 0 Å².